The molecule has 0 unspecified atom stereocenters. The number of nitrogens with two attached hydrogens (primary N) is 1. The molecule has 0 aromatic carbocycles. The van der Waals surface area contributed by atoms with Gasteiger partial charge in [0.1, 0.15) is 5.82 Å². The Balaban J connectivity index is 2.44. The summed E-state index contributed by atoms with van der Waals surface area (Å²) in [5, 5.41) is 2.79. The standard InChI is InChI=1S/C9H14F3N5/c1-6-5-7(16-8(15-6)17-13)14-4-2-3-9(10,11)12/h5H,2-4,13H2,1H3,(H2,14,15,16,17). The van der Waals surface area contributed by atoms with Gasteiger partial charge in [0, 0.05) is 24.7 Å². The van der Waals surface area contributed by atoms with E-state index in [1.54, 1.807) is 13.0 Å². The minimum Gasteiger partial charge on any atom is -0.370 e. The monoisotopic (exact) mass is 249 g/mol. The highest BCUT2D eigenvalue weighted by atomic mass is 19.4. The second kappa shape index (κ2) is 5.67. The molecule has 1 aromatic heterocycles. The molecule has 0 amide bonds. The van der Waals surface area contributed by atoms with Crippen molar-refractivity contribution in [3.8, 4) is 0 Å². The summed E-state index contributed by atoms with van der Waals surface area (Å²) in [5.74, 6) is 5.82. The Hall–Kier alpha value is -1.57. The fourth-order valence-corrected chi connectivity index (χ4v) is 1.23. The van der Waals surface area contributed by atoms with Crippen molar-refractivity contribution in [1.29, 1.82) is 0 Å². The van der Waals surface area contributed by atoms with Crippen molar-refractivity contribution in [3.05, 3.63) is 11.8 Å². The van der Waals surface area contributed by atoms with Crippen LogP contribution >= 0.6 is 0 Å². The van der Waals surface area contributed by atoms with E-state index >= 15 is 0 Å². The molecule has 0 fully saturated rings. The van der Waals surface area contributed by atoms with E-state index in [1.165, 1.54) is 0 Å². The first-order valence-electron chi connectivity index (χ1n) is 5.03. The van der Waals surface area contributed by atoms with Crippen LogP contribution in [-0.4, -0.2) is 22.7 Å². The molecule has 96 valence electrons. The van der Waals surface area contributed by atoms with Crippen LogP contribution in [0.2, 0.25) is 0 Å². The Morgan fingerprint density at radius 2 is 2.06 bits per heavy atom. The number of halogens is 3. The van der Waals surface area contributed by atoms with Crippen molar-refractivity contribution < 1.29 is 13.2 Å². The average Bonchev–Trinajstić information content (AvgIpc) is 2.22. The summed E-state index contributed by atoms with van der Waals surface area (Å²) in [6.07, 6.45) is -4.93. The molecular formula is C9H14F3N5. The lowest BCUT2D eigenvalue weighted by Gasteiger charge is -2.09. The number of rotatable bonds is 5. The van der Waals surface area contributed by atoms with Gasteiger partial charge in [-0.2, -0.15) is 18.2 Å². The van der Waals surface area contributed by atoms with Gasteiger partial charge in [0.2, 0.25) is 5.95 Å². The first-order chi connectivity index (χ1) is 7.90. The van der Waals surface area contributed by atoms with Gasteiger partial charge in [-0.15, -0.1) is 0 Å². The molecule has 1 rings (SSSR count). The fourth-order valence-electron chi connectivity index (χ4n) is 1.23. The number of hydrazine groups is 1. The van der Waals surface area contributed by atoms with Gasteiger partial charge in [0.25, 0.3) is 0 Å². The molecule has 8 heteroatoms. The lowest BCUT2D eigenvalue weighted by Crippen LogP contribution is -2.14. The number of nitrogens with one attached hydrogen (secondary N) is 2. The highest BCUT2D eigenvalue weighted by Gasteiger charge is 2.25. The second-order valence-electron chi connectivity index (χ2n) is 3.51. The van der Waals surface area contributed by atoms with E-state index in [0.717, 1.165) is 0 Å². The molecule has 1 heterocycles. The molecule has 0 radical (unpaired) electrons. The number of anilines is 2. The predicted octanol–water partition coefficient (Wildman–Crippen LogP) is 1.83. The van der Waals surface area contributed by atoms with Crippen LogP contribution in [-0.2, 0) is 0 Å². The highest BCUT2D eigenvalue weighted by Crippen LogP contribution is 2.21. The molecule has 0 aliphatic carbocycles. The van der Waals surface area contributed by atoms with E-state index in [9.17, 15) is 13.2 Å². The van der Waals surface area contributed by atoms with Crippen molar-refractivity contribution in [2.45, 2.75) is 25.9 Å². The summed E-state index contributed by atoms with van der Waals surface area (Å²) >= 11 is 0. The zero-order valence-electron chi connectivity index (χ0n) is 9.30. The maximum Gasteiger partial charge on any atom is 0.389 e. The molecule has 17 heavy (non-hydrogen) atoms. The van der Waals surface area contributed by atoms with Crippen LogP contribution in [0.1, 0.15) is 18.5 Å². The van der Waals surface area contributed by atoms with Gasteiger partial charge in [-0.3, -0.25) is 5.43 Å². The third kappa shape index (κ3) is 5.34. The Labute approximate surface area is 96.6 Å². The Morgan fingerprint density at radius 3 is 2.65 bits per heavy atom. The summed E-state index contributed by atoms with van der Waals surface area (Å²) in [6.45, 7) is 1.93. The van der Waals surface area contributed by atoms with Gasteiger partial charge < -0.3 is 5.32 Å². The first-order valence-corrected chi connectivity index (χ1v) is 5.03. The molecule has 5 nitrogen and oxygen atoms in total. The lowest BCUT2D eigenvalue weighted by atomic mass is 10.3. The van der Waals surface area contributed by atoms with E-state index in [1.807, 2.05) is 0 Å². The molecule has 0 saturated heterocycles. The van der Waals surface area contributed by atoms with E-state index in [4.69, 9.17) is 5.84 Å². The zero-order valence-corrected chi connectivity index (χ0v) is 9.30. The number of nitrogen functional groups attached to an aromatic ring is 1. The van der Waals surface area contributed by atoms with Gasteiger partial charge in [-0.05, 0) is 13.3 Å². The van der Waals surface area contributed by atoms with Crippen LogP contribution in [0.4, 0.5) is 24.9 Å². The highest BCUT2D eigenvalue weighted by molar-refractivity contribution is 5.41. The number of hydrogen-bond donors (Lipinski definition) is 3. The molecule has 0 aliphatic heterocycles. The normalized spacial score (nSPS) is 11.4. The Bertz CT molecular complexity index is 366. The van der Waals surface area contributed by atoms with Gasteiger partial charge in [-0.25, -0.2) is 10.8 Å². The smallest absolute Gasteiger partial charge is 0.370 e. The lowest BCUT2D eigenvalue weighted by molar-refractivity contribution is -0.134. The summed E-state index contributed by atoms with van der Waals surface area (Å²) in [6, 6.07) is 1.63. The van der Waals surface area contributed by atoms with Gasteiger partial charge in [0.05, 0.1) is 0 Å². The number of hydrogen-bond acceptors (Lipinski definition) is 5. The average molecular weight is 249 g/mol. The summed E-state index contributed by atoms with van der Waals surface area (Å²) in [7, 11) is 0. The first kappa shape index (κ1) is 13.5. The van der Waals surface area contributed by atoms with E-state index < -0.39 is 12.6 Å². The molecular weight excluding hydrogens is 235 g/mol. The fraction of sp³-hybridized carbons (Fsp3) is 0.556. The van der Waals surface area contributed by atoms with Crippen LogP contribution in [0.5, 0.6) is 0 Å². The maximum absolute atomic E-state index is 11.9. The summed E-state index contributed by atoms with van der Waals surface area (Å²) in [5.41, 5.74) is 2.95. The third-order valence-electron chi connectivity index (χ3n) is 1.93. The van der Waals surface area contributed by atoms with Crippen molar-refractivity contribution in [2.24, 2.45) is 5.84 Å². The minimum absolute atomic E-state index is 0.00205. The van der Waals surface area contributed by atoms with Crippen LogP contribution in [0.25, 0.3) is 0 Å². The number of aryl methyl sites for hydroxylation is 1. The Morgan fingerprint density at radius 1 is 1.35 bits per heavy atom. The summed E-state index contributed by atoms with van der Waals surface area (Å²) < 4.78 is 35.7. The van der Waals surface area contributed by atoms with Crippen molar-refractivity contribution in [1.82, 2.24) is 9.97 Å². The minimum atomic E-state index is -4.12. The molecule has 0 aliphatic rings. The predicted molar refractivity (Wildman–Crippen MR) is 58.4 cm³/mol. The second-order valence-corrected chi connectivity index (χ2v) is 3.51. The third-order valence-corrected chi connectivity index (χ3v) is 1.93. The summed E-state index contributed by atoms with van der Waals surface area (Å²) in [4.78, 5) is 7.90. The Kier molecular flexibility index (Phi) is 4.50. The van der Waals surface area contributed by atoms with Crippen LogP contribution in [0.3, 0.4) is 0 Å². The zero-order chi connectivity index (χ0) is 12.9. The van der Waals surface area contributed by atoms with E-state index in [-0.39, 0.29) is 18.9 Å². The topological polar surface area (TPSA) is 75.9 Å². The molecule has 0 saturated carbocycles. The number of aromatic nitrogens is 2. The van der Waals surface area contributed by atoms with E-state index in [0.29, 0.717) is 11.5 Å². The van der Waals surface area contributed by atoms with Crippen LogP contribution in [0.15, 0.2) is 6.07 Å². The van der Waals surface area contributed by atoms with Crippen molar-refractivity contribution in [3.63, 3.8) is 0 Å². The molecule has 1 aromatic rings. The van der Waals surface area contributed by atoms with Crippen molar-refractivity contribution in [2.75, 3.05) is 17.3 Å². The van der Waals surface area contributed by atoms with Crippen LogP contribution in [0, 0.1) is 6.92 Å². The van der Waals surface area contributed by atoms with Gasteiger partial charge in [-0.1, -0.05) is 0 Å². The van der Waals surface area contributed by atoms with Crippen molar-refractivity contribution >= 4 is 11.8 Å². The van der Waals surface area contributed by atoms with Gasteiger partial charge >= 0.3 is 6.18 Å². The van der Waals surface area contributed by atoms with E-state index in [2.05, 4.69) is 20.7 Å². The number of alkyl halides is 3. The van der Waals surface area contributed by atoms with Crippen LogP contribution < -0.4 is 16.6 Å². The molecule has 0 atom stereocenters. The maximum atomic E-state index is 11.9. The molecule has 4 N–H and O–H groups in total. The number of nitrogens with zero attached hydrogens (tertiary/aromatic N) is 2. The molecule has 0 spiro atoms. The van der Waals surface area contributed by atoms with Gasteiger partial charge in [0.15, 0.2) is 0 Å². The SMILES string of the molecule is Cc1cc(NCCCC(F)(F)F)nc(NN)n1. The largest absolute Gasteiger partial charge is 0.389 e. The quantitative estimate of drug-likeness (QED) is 0.421. The molecule has 0 bridgehead atoms.